The molecule has 0 bridgehead atoms. The zero-order valence-electron chi connectivity index (χ0n) is 51.1. The Bertz CT molecular complexity index is 2590. The van der Waals surface area contributed by atoms with Crippen LogP contribution < -0.4 is 10.1 Å². The van der Waals surface area contributed by atoms with Gasteiger partial charge < -0.3 is 184 Å². The molecule has 95 heavy (non-hydrogen) atoms. The maximum Gasteiger partial charge on any atom is 0.288 e. The van der Waals surface area contributed by atoms with Crippen molar-refractivity contribution in [1.82, 2.24) is 5.32 Å². The van der Waals surface area contributed by atoms with Crippen LogP contribution >= 0.6 is 0 Å². The molecule has 8 aliphatic heterocycles. The van der Waals surface area contributed by atoms with Crippen LogP contribution in [0.3, 0.4) is 0 Å². The minimum atomic E-state index is -2.24. The smallest absolute Gasteiger partial charge is 0.288 e. The fourth-order valence-corrected chi connectivity index (χ4v) is 12.6. The topological polar surface area (TPSA) is 609 Å². The average molecular weight is 1380 g/mol. The van der Waals surface area contributed by atoms with E-state index in [1.165, 1.54) is 12.1 Å². The third-order valence-corrected chi connectivity index (χ3v) is 18.4. The van der Waals surface area contributed by atoms with Crippen molar-refractivity contribution in [2.75, 3.05) is 53.4 Å². The molecule has 0 aromatic heterocycles. The molecular formula is C56H87NO38. The SMILES string of the molecule is CO[C@H]1[C@H](O[C@H]2[C@H](O)[C@@H](O)[C@H](Oc3ccc(CC4NC(=O)C(=O)C4(C)C)cc3)O[C@@H]2CO)O[C@H](CO)[C@@H](O[C@@H]2O[C@H](CO)[C@@H](O[C@@H]3O[C@H](CO)[C@@H](O[C@@H]4O[C@H](CO)[C@@H](O[C@@H]5O[C@H](CO)[C@@H](O[C@@H]6O[C@H](CO)[C@@H](O)[C@H](O)[C@H]6O)[C@H](O)[C@H]5O)[C@H](O)[C@H]4O)[C@H](O)[C@H]3O)[C@H](O)[C@H]2O)[C@@H]1O. The van der Waals surface area contributed by atoms with Gasteiger partial charge in [-0.15, -0.1) is 0 Å². The summed E-state index contributed by atoms with van der Waals surface area (Å²) in [5.74, 6) is -1.06. The van der Waals surface area contributed by atoms with Gasteiger partial charge in [-0.2, -0.15) is 0 Å². The third kappa shape index (κ3) is 15.5. The van der Waals surface area contributed by atoms with E-state index in [0.29, 0.717) is 6.42 Å². The number of hydrogen-bond donors (Lipinski definition) is 22. The van der Waals surface area contributed by atoms with Gasteiger partial charge in [-0.1, -0.05) is 26.0 Å². The Kier molecular flexibility index (Phi) is 25.7. The lowest BCUT2D eigenvalue weighted by atomic mass is 9.81. The molecule has 8 heterocycles. The van der Waals surface area contributed by atoms with Crippen molar-refractivity contribution < 1.29 is 188 Å². The summed E-state index contributed by atoms with van der Waals surface area (Å²) >= 11 is 0. The second-order valence-electron chi connectivity index (χ2n) is 24.8. The predicted octanol–water partition coefficient (Wildman–Crippen LogP) is -13.9. The number of aliphatic hydroxyl groups is 21. The molecule has 39 nitrogen and oxygen atoms in total. The molecule has 1 amide bonds. The molecule has 1 unspecified atom stereocenters. The largest absolute Gasteiger partial charge is 0.462 e. The summed E-state index contributed by atoms with van der Waals surface area (Å²) in [5, 5.41) is 230. The monoisotopic (exact) mass is 1380 g/mol. The zero-order chi connectivity index (χ0) is 69.4. The Morgan fingerprint density at radius 2 is 0.642 bits per heavy atom. The summed E-state index contributed by atoms with van der Waals surface area (Å²) < 4.78 is 85.7. The molecule has 0 spiro atoms. The molecule has 39 heteroatoms. The highest BCUT2D eigenvalue weighted by molar-refractivity contribution is 6.40. The van der Waals surface area contributed by atoms with Crippen molar-refractivity contribution in [3.63, 3.8) is 0 Å². The summed E-state index contributed by atoms with van der Waals surface area (Å²) in [5.41, 5.74) is -0.228. The number of rotatable bonds is 24. The average Bonchev–Trinajstić information content (AvgIpc) is 1.57. The molecule has 1 aromatic carbocycles. The van der Waals surface area contributed by atoms with E-state index in [0.717, 1.165) is 12.7 Å². The number of ketones is 1. The quantitative estimate of drug-likeness (QED) is 0.0427. The van der Waals surface area contributed by atoms with Gasteiger partial charge in [0.25, 0.3) is 5.91 Å². The minimum Gasteiger partial charge on any atom is -0.462 e. The van der Waals surface area contributed by atoms with Gasteiger partial charge in [0.05, 0.1) is 51.7 Å². The summed E-state index contributed by atoms with van der Waals surface area (Å²) in [7, 11) is 1.10. The number of Topliss-reactive ketones (excluding diaryl/α,β-unsaturated/α-hetero) is 1. The fraction of sp³-hybridized carbons (Fsp3) is 0.857. The minimum absolute atomic E-state index is 0.152. The Balaban J connectivity index is 0.777. The number of benzene rings is 1. The van der Waals surface area contributed by atoms with E-state index in [2.05, 4.69) is 5.32 Å². The summed E-state index contributed by atoms with van der Waals surface area (Å²) in [6.45, 7) is -3.48. The van der Waals surface area contributed by atoms with Crippen molar-refractivity contribution in [1.29, 1.82) is 0 Å². The normalized spacial score (nSPS) is 48.1. The van der Waals surface area contributed by atoms with Crippen LogP contribution in [0.2, 0.25) is 0 Å². The highest BCUT2D eigenvalue weighted by Gasteiger charge is 2.59. The van der Waals surface area contributed by atoms with E-state index in [4.69, 9.17) is 71.1 Å². The van der Waals surface area contributed by atoms with E-state index in [9.17, 15) is 117 Å². The van der Waals surface area contributed by atoms with Gasteiger partial charge in [-0.25, -0.2) is 0 Å². The number of nitrogens with one attached hydrogen (secondary N) is 1. The van der Waals surface area contributed by atoms with Gasteiger partial charge >= 0.3 is 0 Å². The van der Waals surface area contributed by atoms with Crippen molar-refractivity contribution in [3.05, 3.63) is 29.8 Å². The fourth-order valence-electron chi connectivity index (χ4n) is 12.6. The predicted molar refractivity (Wildman–Crippen MR) is 296 cm³/mol. The third-order valence-electron chi connectivity index (χ3n) is 18.4. The molecule has 544 valence electrons. The van der Waals surface area contributed by atoms with Gasteiger partial charge in [0, 0.05) is 13.2 Å². The second-order valence-corrected chi connectivity index (χ2v) is 24.8. The van der Waals surface area contributed by atoms with Crippen LogP contribution in [-0.4, -0.2) is 393 Å². The lowest BCUT2D eigenvalue weighted by Crippen LogP contribution is -2.68. The van der Waals surface area contributed by atoms with Gasteiger partial charge in [-0.3, -0.25) is 9.59 Å². The Labute approximate surface area is 539 Å². The first-order valence-electron chi connectivity index (χ1n) is 30.6. The number of aliphatic hydroxyl groups excluding tert-OH is 21. The van der Waals surface area contributed by atoms with Crippen LogP contribution in [0.25, 0.3) is 0 Å². The summed E-state index contributed by atoms with van der Waals surface area (Å²) in [6.07, 6.45) is -65.6. The molecule has 1 aromatic rings. The molecule has 0 radical (unpaired) electrons. The Morgan fingerprint density at radius 3 is 0.958 bits per heavy atom. The van der Waals surface area contributed by atoms with E-state index in [1.807, 2.05) is 0 Å². The highest BCUT2D eigenvalue weighted by atomic mass is 16.8. The highest BCUT2D eigenvalue weighted by Crippen LogP contribution is 2.39. The van der Waals surface area contributed by atoms with Gasteiger partial charge in [0.1, 0.15) is 177 Å². The van der Waals surface area contributed by atoms with Gasteiger partial charge in [-0.05, 0) is 24.1 Å². The maximum absolute atomic E-state index is 12.3. The van der Waals surface area contributed by atoms with E-state index in [-0.39, 0.29) is 5.75 Å². The van der Waals surface area contributed by atoms with Crippen LogP contribution in [0.4, 0.5) is 0 Å². The lowest BCUT2D eigenvalue weighted by molar-refractivity contribution is -0.398. The van der Waals surface area contributed by atoms with Crippen molar-refractivity contribution in [2.24, 2.45) is 5.41 Å². The van der Waals surface area contributed by atoms with Crippen LogP contribution in [0, 0.1) is 5.41 Å². The number of amides is 1. The second kappa shape index (κ2) is 32.2. The zero-order valence-corrected chi connectivity index (χ0v) is 51.1. The van der Waals surface area contributed by atoms with E-state index in [1.54, 1.807) is 26.0 Å². The lowest BCUT2D eigenvalue weighted by Gasteiger charge is -2.50. The van der Waals surface area contributed by atoms with Crippen LogP contribution in [0.15, 0.2) is 24.3 Å². The van der Waals surface area contributed by atoms with Gasteiger partial charge in [0.2, 0.25) is 12.1 Å². The Morgan fingerprint density at radius 1 is 0.358 bits per heavy atom. The standard InChI is InChI=1S/C56H87NO38/c1-56(2)25(57-48(80)47(56)79)8-16-4-6-17(7-5-16)82-49-34(73)28(67)44(23(14-63)84-49)95-55-46(81-3)39(78)45(24(15-64)89-55)94-54-38(77)32(71)43(22(13-62)88-54)93-53-37(76)31(70)42(21(12-61)87-53)92-52-36(75)30(69)41(20(11-60)86-52)91-51-35(74)29(68)40(19(10-59)85-51)90-50-33(72)27(66)26(65)18(9-58)83-50/h4-7,18-46,49-55,58-78H,8-15H2,1-3H3,(H,57,80)/t18-,19-,20-,21-,22-,23-,24-,25?,26-,27+,28-,29-,30-,31-,32-,33-,34-,35-,36-,37-,38-,39+,40-,41-,42-,43-,44-,45-,46-,49-,50+,51+,52+,53+,54+,55+/m1/s1. The molecule has 0 saturated carbocycles. The first-order chi connectivity index (χ1) is 45.1. The Hall–Kier alpha value is -3.24. The summed E-state index contributed by atoms with van der Waals surface area (Å²) in [4.78, 5) is 24.3. The van der Waals surface area contributed by atoms with Gasteiger partial charge in [0.15, 0.2) is 37.7 Å². The first-order valence-corrected chi connectivity index (χ1v) is 30.6. The number of hydrogen-bond acceptors (Lipinski definition) is 38. The number of ether oxygens (including phenoxy) is 15. The van der Waals surface area contributed by atoms with Crippen LogP contribution in [-0.2, 0) is 82.3 Å². The first kappa shape index (κ1) is 76.0. The molecule has 9 rings (SSSR count). The van der Waals surface area contributed by atoms with Crippen molar-refractivity contribution in [2.45, 2.75) is 241 Å². The van der Waals surface area contributed by atoms with Crippen molar-refractivity contribution in [3.8, 4) is 5.75 Å². The molecule has 8 aliphatic rings. The van der Waals surface area contributed by atoms with Crippen molar-refractivity contribution >= 4 is 11.7 Å². The van der Waals surface area contributed by atoms with Crippen LogP contribution in [0.5, 0.6) is 5.75 Å². The molecule has 8 fully saturated rings. The summed E-state index contributed by atoms with van der Waals surface area (Å²) in [6, 6.07) is 5.86. The number of carbonyl (C=O) groups is 2. The molecule has 8 saturated heterocycles. The maximum atomic E-state index is 12.3. The van der Waals surface area contributed by atoms with E-state index >= 15 is 0 Å². The molecule has 22 N–H and O–H groups in total. The molecular weight excluding hydrogens is 1290 g/mol. The number of carbonyl (C=O) groups excluding carboxylic acids is 2. The van der Waals surface area contributed by atoms with E-state index < -0.39 is 284 Å². The molecule has 36 atom stereocenters. The molecule has 0 aliphatic carbocycles. The van der Waals surface area contributed by atoms with Crippen LogP contribution in [0.1, 0.15) is 19.4 Å². The number of methoxy groups -OCH3 is 1.